The molecule has 27 heavy (non-hydrogen) atoms. The molecule has 0 bridgehead atoms. The number of ether oxygens (including phenoxy) is 2. The number of para-hydroxylation sites is 1. The second-order valence-corrected chi connectivity index (χ2v) is 6.42. The van der Waals surface area contributed by atoms with Gasteiger partial charge < -0.3 is 20.1 Å². The second-order valence-electron chi connectivity index (χ2n) is 6.01. The summed E-state index contributed by atoms with van der Waals surface area (Å²) in [6, 6.07) is 11.1. The molecular formula is C19H18ClN5O2. The SMILES string of the molecule is Nc1ncc(-c2cc(Oc3ccccc3Cl)cc(N3CCOCC3)n2)cn1. The molecule has 1 fully saturated rings. The average Bonchev–Trinajstić information content (AvgIpc) is 2.71. The van der Waals surface area contributed by atoms with Gasteiger partial charge in [0.05, 0.1) is 23.9 Å². The molecule has 4 rings (SSSR count). The Balaban J connectivity index is 1.73. The normalized spacial score (nSPS) is 14.2. The molecule has 1 saturated heterocycles. The Morgan fingerprint density at radius 2 is 1.81 bits per heavy atom. The zero-order valence-corrected chi connectivity index (χ0v) is 15.3. The van der Waals surface area contributed by atoms with Gasteiger partial charge in [0.1, 0.15) is 17.3 Å². The number of nitrogens with zero attached hydrogens (tertiary/aromatic N) is 4. The third-order valence-electron chi connectivity index (χ3n) is 4.15. The third-order valence-corrected chi connectivity index (χ3v) is 4.46. The van der Waals surface area contributed by atoms with E-state index >= 15 is 0 Å². The largest absolute Gasteiger partial charge is 0.456 e. The lowest BCUT2D eigenvalue weighted by molar-refractivity contribution is 0.122. The Kier molecular flexibility index (Phi) is 5.04. The average molecular weight is 384 g/mol. The number of halogens is 1. The lowest BCUT2D eigenvalue weighted by atomic mass is 10.2. The van der Waals surface area contributed by atoms with Crippen LogP contribution in [0.2, 0.25) is 5.02 Å². The lowest BCUT2D eigenvalue weighted by Gasteiger charge is -2.28. The monoisotopic (exact) mass is 383 g/mol. The van der Waals surface area contributed by atoms with Gasteiger partial charge in [-0.25, -0.2) is 15.0 Å². The van der Waals surface area contributed by atoms with Crippen LogP contribution in [-0.2, 0) is 4.74 Å². The number of hydrogen-bond donors (Lipinski definition) is 1. The minimum atomic E-state index is 0.218. The van der Waals surface area contributed by atoms with Crippen LogP contribution < -0.4 is 15.4 Å². The predicted molar refractivity (Wildman–Crippen MR) is 104 cm³/mol. The van der Waals surface area contributed by atoms with Gasteiger partial charge in [-0.15, -0.1) is 0 Å². The van der Waals surface area contributed by atoms with Gasteiger partial charge in [0.15, 0.2) is 0 Å². The fourth-order valence-electron chi connectivity index (χ4n) is 2.78. The summed E-state index contributed by atoms with van der Waals surface area (Å²) < 4.78 is 11.5. The number of hydrogen-bond acceptors (Lipinski definition) is 7. The summed E-state index contributed by atoms with van der Waals surface area (Å²) >= 11 is 6.24. The summed E-state index contributed by atoms with van der Waals surface area (Å²) in [6.07, 6.45) is 3.29. The van der Waals surface area contributed by atoms with Crippen LogP contribution in [-0.4, -0.2) is 41.3 Å². The van der Waals surface area contributed by atoms with Gasteiger partial charge in [0.2, 0.25) is 5.95 Å². The van der Waals surface area contributed by atoms with Crippen molar-refractivity contribution in [2.45, 2.75) is 0 Å². The second kappa shape index (κ2) is 7.77. The zero-order valence-electron chi connectivity index (χ0n) is 14.5. The maximum atomic E-state index is 6.24. The molecule has 0 aliphatic carbocycles. The van der Waals surface area contributed by atoms with E-state index in [0.717, 1.165) is 24.5 Å². The minimum absolute atomic E-state index is 0.218. The highest BCUT2D eigenvalue weighted by Crippen LogP contribution is 2.33. The van der Waals surface area contributed by atoms with Crippen LogP contribution in [0.1, 0.15) is 0 Å². The molecule has 0 radical (unpaired) electrons. The molecule has 2 N–H and O–H groups in total. The molecule has 1 aliphatic heterocycles. The minimum Gasteiger partial charge on any atom is -0.456 e. The highest BCUT2D eigenvalue weighted by molar-refractivity contribution is 6.32. The van der Waals surface area contributed by atoms with Crippen molar-refractivity contribution in [1.29, 1.82) is 0 Å². The van der Waals surface area contributed by atoms with Gasteiger partial charge in [-0.05, 0) is 12.1 Å². The molecule has 1 aromatic carbocycles. The molecule has 0 atom stereocenters. The van der Waals surface area contributed by atoms with Crippen LogP contribution in [0.15, 0.2) is 48.8 Å². The van der Waals surface area contributed by atoms with E-state index in [0.29, 0.717) is 35.4 Å². The molecule has 7 nitrogen and oxygen atoms in total. The smallest absolute Gasteiger partial charge is 0.219 e. The number of pyridine rings is 1. The van der Waals surface area contributed by atoms with Crippen LogP contribution >= 0.6 is 11.6 Å². The fourth-order valence-corrected chi connectivity index (χ4v) is 2.95. The van der Waals surface area contributed by atoms with Gasteiger partial charge in [-0.2, -0.15) is 0 Å². The number of nitrogens with two attached hydrogens (primary N) is 1. The number of morpholine rings is 1. The molecule has 0 saturated carbocycles. The molecule has 3 aromatic rings. The van der Waals surface area contributed by atoms with E-state index in [4.69, 9.17) is 31.8 Å². The van der Waals surface area contributed by atoms with Crippen molar-refractivity contribution in [1.82, 2.24) is 15.0 Å². The highest BCUT2D eigenvalue weighted by Gasteiger charge is 2.16. The Labute approximate surface area is 161 Å². The lowest BCUT2D eigenvalue weighted by Crippen LogP contribution is -2.36. The first kappa shape index (κ1) is 17.5. The highest BCUT2D eigenvalue weighted by atomic mass is 35.5. The predicted octanol–water partition coefficient (Wildman–Crippen LogP) is 3.40. The Morgan fingerprint density at radius 1 is 1.07 bits per heavy atom. The van der Waals surface area contributed by atoms with Crippen molar-refractivity contribution in [3.05, 3.63) is 53.8 Å². The molecule has 2 aromatic heterocycles. The van der Waals surface area contributed by atoms with Crippen molar-refractivity contribution < 1.29 is 9.47 Å². The van der Waals surface area contributed by atoms with Crippen LogP contribution in [0.4, 0.5) is 11.8 Å². The van der Waals surface area contributed by atoms with E-state index in [2.05, 4.69) is 14.9 Å². The van der Waals surface area contributed by atoms with E-state index in [1.54, 1.807) is 18.5 Å². The van der Waals surface area contributed by atoms with E-state index in [9.17, 15) is 0 Å². The Bertz CT molecular complexity index is 930. The number of aromatic nitrogens is 3. The van der Waals surface area contributed by atoms with Gasteiger partial charge in [0, 0.05) is 43.2 Å². The van der Waals surface area contributed by atoms with Crippen LogP contribution in [0.3, 0.4) is 0 Å². The summed E-state index contributed by atoms with van der Waals surface area (Å²) in [5, 5.41) is 0.541. The maximum absolute atomic E-state index is 6.24. The number of anilines is 2. The zero-order chi connectivity index (χ0) is 18.6. The molecule has 0 spiro atoms. The van der Waals surface area contributed by atoms with Crippen molar-refractivity contribution in [3.63, 3.8) is 0 Å². The van der Waals surface area contributed by atoms with Crippen LogP contribution in [0.5, 0.6) is 11.5 Å². The van der Waals surface area contributed by atoms with Crippen molar-refractivity contribution in [2.75, 3.05) is 36.9 Å². The Morgan fingerprint density at radius 3 is 2.56 bits per heavy atom. The molecule has 1 aliphatic rings. The van der Waals surface area contributed by atoms with Gasteiger partial charge >= 0.3 is 0 Å². The number of benzene rings is 1. The summed E-state index contributed by atoms with van der Waals surface area (Å²) in [5.41, 5.74) is 7.04. The first-order valence-corrected chi connectivity index (χ1v) is 8.92. The molecule has 3 heterocycles. The molecule has 0 unspecified atom stereocenters. The first-order chi connectivity index (χ1) is 13.2. The quantitative estimate of drug-likeness (QED) is 0.738. The van der Waals surface area contributed by atoms with E-state index in [-0.39, 0.29) is 5.95 Å². The van der Waals surface area contributed by atoms with Gasteiger partial charge in [0.25, 0.3) is 0 Å². The fraction of sp³-hybridized carbons (Fsp3) is 0.211. The van der Waals surface area contributed by atoms with Crippen molar-refractivity contribution in [2.24, 2.45) is 0 Å². The van der Waals surface area contributed by atoms with E-state index in [1.807, 2.05) is 30.3 Å². The molecule has 8 heteroatoms. The van der Waals surface area contributed by atoms with Crippen LogP contribution in [0, 0.1) is 0 Å². The van der Waals surface area contributed by atoms with E-state index in [1.165, 1.54) is 0 Å². The van der Waals surface area contributed by atoms with Crippen molar-refractivity contribution >= 4 is 23.4 Å². The molecule has 0 amide bonds. The third kappa shape index (κ3) is 4.10. The molecular weight excluding hydrogens is 366 g/mol. The maximum Gasteiger partial charge on any atom is 0.219 e. The summed E-state index contributed by atoms with van der Waals surface area (Å²) in [4.78, 5) is 15.0. The van der Waals surface area contributed by atoms with Gasteiger partial charge in [-0.3, -0.25) is 0 Å². The Hall–Kier alpha value is -2.90. The van der Waals surface area contributed by atoms with Crippen molar-refractivity contribution in [3.8, 4) is 22.8 Å². The van der Waals surface area contributed by atoms with Gasteiger partial charge in [-0.1, -0.05) is 23.7 Å². The number of nitrogen functional groups attached to an aromatic ring is 1. The standard InChI is InChI=1S/C19H18ClN5O2/c20-15-3-1-2-4-17(15)27-14-9-16(13-11-22-19(21)23-12-13)24-18(10-14)25-5-7-26-8-6-25/h1-4,9-12H,5-8H2,(H2,21,22,23). The summed E-state index contributed by atoms with van der Waals surface area (Å²) in [5.74, 6) is 2.23. The van der Waals surface area contributed by atoms with E-state index < -0.39 is 0 Å². The number of rotatable bonds is 4. The van der Waals surface area contributed by atoms with Crippen LogP contribution in [0.25, 0.3) is 11.3 Å². The first-order valence-electron chi connectivity index (χ1n) is 8.54. The summed E-state index contributed by atoms with van der Waals surface area (Å²) in [6.45, 7) is 2.86. The summed E-state index contributed by atoms with van der Waals surface area (Å²) in [7, 11) is 0. The molecule has 138 valence electrons. The topological polar surface area (TPSA) is 86.4 Å².